The molecule has 0 aliphatic carbocycles. The Kier molecular flexibility index (Phi) is 6.92. The summed E-state index contributed by atoms with van der Waals surface area (Å²) in [5, 5.41) is 2.58. The van der Waals surface area contributed by atoms with Gasteiger partial charge in [0.15, 0.2) is 11.6 Å². The van der Waals surface area contributed by atoms with Crippen molar-refractivity contribution in [3.63, 3.8) is 0 Å². The van der Waals surface area contributed by atoms with Crippen LogP contribution in [0.25, 0.3) is 0 Å². The average molecular weight is 356 g/mol. The first-order valence-electron chi connectivity index (χ1n) is 7.13. The number of nitrogens with one attached hydrogen (secondary N) is 1. The number of alkyl halides is 2. The molecule has 0 bridgehead atoms. The summed E-state index contributed by atoms with van der Waals surface area (Å²) in [7, 11) is 0. The summed E-state index contributed by atoms with van der Waals surface area (Å²) in [4.78, 5) is 15.8. The second kappa shape index (κ2) is 9.17. The van der Waals surface area contributed by atoms with E-state index in [0.717, 1.165) is 0 Å². The molecule has 0 aliphatic heterocycles. The first kappa shape index (κ1) is 18.1. The summed E-state index contributed by atoms with van der Waals surface area (Å²) >= 11 is 0.224. The lowest BCUT2D eigenvalue weighted by molar-refractivity contribution is 0.0947. The van der Waals surface area contributed by atoms with E-state index >= 15 is 0 Å². The summed E-state index contributed by atoms with van der Waals surface area (Å²) in [5.41, 5.74) is 0.0952. The van der Waals surface area contributed by atoms with Gasteiger partial charge in [-0.25, -0.2) is 9.37 Å². The van der Waals surface area contributed by atoms with Crippen molar-refractivity contribution < 1.29 is 22.7 Å². The molecular weight excluding hydrogens is 341 g/mol. The Morgan fingerprint density at radius 2 is 2.04 bits per heavy atom. The molecule has 1 aromatic carbocycles. The van der Waals surface area contributed by atoms with Crippen molar-refractivity contribution in [2.75, 3.05) is 13.2 Å². The van der Waals surface area contributed by atoms with Gasteiger partial charge in [-0.15, -0.1) is 0 Å². The smallest absolute Gasteiger partial charge is 0.290 e. The maximum atomic E-state index is 13.3. The highest BCUT2D eigenvalue weighted by Gasteiger charge is 2.16. The molecule has 1 aromatic heterocycles. The summed E-state index contributed by atoms with van der Waals surface area (Å²) in [5.74, 6) is -3.45. The van der Waals surface area contributed by atoms with Crippen molar-refractivity contribution in [3.8, 4) is 5.75 Å². The first-order valence-corrected chi connectivity index (χ1v) is 8.01. The van der Waals surface area contributed by atoms with Crippen LogP contribution in [0.5, 0.6) is 5.75 Å². The van der Waals surface area contributed by atoms with Gasteiger partial charge in [-0.05, 0) is 42.4 Å². The zero-order valence-electron chi connectivity index (χ0n) is 12.5. The monoisotopic (exact) mass is 356 g/mol. The molecule has 0 spiro atoms. The van der Waals surface area contributed by atoms with E-state index in [1.54, 1.807) is 12.1 Å². The van der Waals surface area contributed by atoms with Crippen molar-refractivity contribution in [2.24, 2.45) is 0 Å². The van der Waals surface area contributed by atoms with Crippen LogP contribution in [-0.4, -0.2) is 29.8 Å². The van der Waals surface area contributed by atoms with Crippen molar-refractivity contribution in [3.05, 3.63) is 54.0 Å². The number of halogens is 3. The van der Waals surface area contributed by atoms with E-state index in [4.69, 9.17) is 4.74 Å². The molecule has 0 saturated heterocycles. The molecular formula is C16H15F3N2O2S. The van der Waals surface area contributed by atoms with E-state index in [-0.39, 0.29) is 41.3 Å². The van der Waals surface area contributed by atoms with Gasteiger partial charge in [0.25, 0.3) is 11.7 Å². The zero-order valence-corrected chi connectivity index (χ0v) is 13.4. The minimum atomic E-state index is -2.65. The normalized spacial score (nSPS) is 10.7. The number of thioether (sulfide) groups is 1. The predicted molar refractivity (Wildman–Crippen MR) is 84.9 cm³/mol. The number of carbonyl (C=O) groups is 1. The molecule has 0 saturated carbocycles. The molecule has 0 aliphatic rings. The molecule has 0 fully saturated rings. The largest absolute Gasteiger partial charge is 0.490 e. The van der Waals surface area contributed by atoms with Gasteiger partial charge in [-0.1, -0.05) is 12.1 Å². The van der Waals surface area contributed by atoms with Gasteiger partial charge in [-0.3, -0.25) is 4.79 Å². The maximum Gasteiger partial charge on any atom is 0.290 e. The number of hydrogen-bond acceptors (Lipinski definition) is 4. The minimum Gasteiger partial charge on any atom is -0.490 e. The summed E-state index contributed by atoms with van der Waals surface area (Å²) in [6, 6.07) is 8.96. The fourth-order valence-corrected chi connectivity index (χ4v) is 2.43. The Morgan fingerprint density at radius 1 is 1.25 bits per heavy atom. The number of amides is 1. The average Bonchev–Trinajstić information content (AvgIpc) is 2.56. The Bertz CT molecular complexity index is 686. The highest BCUT2D eigenvalue weighted by molar-refractivity contribution is 7.99. The van der Waals surface area contributed by atoms with E-state index in [1.165, 1.54) is 30.5 Å². The van der Waals surface area contributed by atoms with Crippen LogP contribution >= 0.6 is 11.8 Å². The van der Waals surface area contributed by atoms with Gasteiger partial charge in [0.2, 0.25) is 0 Å². The number of ether oxygens (including phenoxy) is 1. The molecule has 2 rings (SSSR count). The lowest BCUT2D eigenvalue weighted by Crippen LogP contribution is -2.26. The molecule has 0 atom stereocenters. The third-order valence-corrected chi connectivity index (χ3v) is 3.64. The number of nitrogens with zero attached hydrogens (tertiary/aromatic N) is 1. The minimum absolute atomic E-state index is 0.0207. The topological polar surface area (TPSA) is 51.2 Å². The molecule has 128 valence electrons. The zero-order chi connectivity index (χ0) is 17.4. The van der Waals surface area contributed by atoms with Crippen LogP contribution in [-0.2, 0) is 0 Å². The molecule has 0 radical (unpaired) electrons. The Balaban J connectivity index is 1.78. The van der Waals surface area contributed by atoms with Crippen LogP contribution in [0.15, 0.2) is 47.6 Å². The standard InChI is InChI=1S/C16H15F3N2O2S/c17-12-6-1-2-7-13(12)23-10-4-9-20-14(22)11-5-3-8-21-15(11)24-16(18)19/h1-3,5-8,16H,4,9-10H2,(H,20,22). The van der Waals surface area contributed by atoms with E-state index in [1.807, 2.05) is 0 Å². The second-order valence-electron chi connectivity index (χ2n) is 4.62. The van der Waals surface area contributed by atoms with Gasteiger partial charge in [0, 0.05) is 12.7 Å². The molecule has 1 amide bonds. The molecule has 1 N–H and O–H groups in total. The van der Waals surface area contributed by atoms with Crippen LogP contribution < -0.4 is 10.1 Å². The van der Waals surface area contributed by atoms with Gasteiger partial charge in [-0.2, -0.15) is 8.78 Å². The highest BCUT2D eigenvalue weighted by Crippen LogP contribution is 2.26. The van der Waals surface area contributed by atoms with Gasteiger partial charge in [0.05, 0.1) is 12.2 Å². The molecule has 4 nitrogen and oxygen atoms in total. The number of aromatic nitrogens is 1. The van der Waals surface area contributed by atoms with Crippen LogP contribution in [0.1, 0.15) is 16.8 Å². The molecule has 8 heteroatoms. The number of hydrogen-bond donors (Lipinski definition) is 1. The van der Waals surface area contributed by atoms with E-state index in [2.05, 4.69) is 10.3 Å². The van der Waals surface area contributed by atoms with Crippen LogP contribution in [0.4, 0.5) is 13.2 Å². The van der Waals surface area contributed by atoms with Gasteiger partial charge >= 0.3 is 0 Å². The molecule has 1 heterocycles. The van der Waals surface area contributed by atoms with Gasteiger partial charge < -0.3 is 10.1 Å². The Hall–Kier alpha value is -2.22. The molecule has 0 unspecified atom stereocenters. The van der Waals surface area contributed by atoms with E-state index in [0.29, 0.717) is 6.42 Å². The van der Waals surface area contributed by atoms with Crippen molar-refractivity contribution >= 4 is 17.7 Å². The van der Waals surface area contributed by atoms with Crippen LogP contribution in [0.2, 0.25) is 0 Å². The Morgan fingerprint density at radius 3 is 2.79 bits per heavy atom. The highest BCUT2D eigenvalue weighted by atomic mass is 32.2. The molecule has 24 heavy (non-hydrogen) atoms. The second-order valence-corrected chi connectivity index (χ2v) is 5.60. The van der Waals surface area contributed by atoms with Crippen molar-refractivity contribution in [2.45, 2.75) is 17.2 Å². The number of rotatable bonds is 8. The van der Waals surface area contributed by atoms with Crippen LogP contribution in [0.3, 0.4) is 0 Å². The number of para-hydroxylation sites is 1. The lowest BCUT2D eigenvalue weighted by Gasteiger charge is -2.09. The maximum absolute atomic E-state index is 13.3. The van der Waals surface area contributed by atoms with Crippen LogP contribution in [0, 0.1) is 5.82 Å². The first-order chi connectivity index (χ1) is 11.6. The van der Waals surface area contributed by atoms with E-state index < -0.39 is 17.5 Å². The van der Waals surface area contributed by atoms with E-state index in [9.17, 15) is 18.0 Å². The number of pyridine rings is 1. The SMILES string of the molecule is O=C(NCCCOc1ccccc1F)c1cccnc1SC(F)F. The summed E-state index contributed by atoms with van der Waals surface area (Å²) in [6.07, 6.45) is 1.79. The third kappa shape index (κ3) is 5.45. The fraction of sp³-hybridized carbons (Fsp3) is 0.250. The third-order valence-electron chi connectivity index (χ3n) is 2.92. The lowest BCUT2D eigenvalue weighted by atomic mass is 10.2. The quantitative estimate of drug-likeness (QED) is 0.578. The molecule has 2 aromatic rings. The van der Waals surface area contributed by atoms with Gasteiger partial charge in [0.1, 0.15) is 5.03 Å². The van der Waals surface area contributed by atoms with Crippen molar-refractivity contribution in [1.82, 2.24) is 10.3 Å². The van der Waals surface area contributed by atoms with Crippen molar-refractivity contribution in [1.29, 1.82) is 0 Å². The number of benzene rings is 1. The summed E-state index contributed by atoms with van der Waals surface area (Å²) in [6.45, 7) is 0.480. The Labute approximate surface area is 141 Å². The predicted octanol–water partition coefficient (Wildman–Crippen LogP) is 3.73. The fourth-order valence-electron chi connectivity index (χ4n) is 1.86. The summed E-state index contributed by atoms with van der Waals surface area (Å²) < 4.78 is 43.5. The number of carbonyl (C=O) groups excluding carboxylic acids is 1.